The van der Waals surface area contributed by atoms with Crippen molar-refractivity contribution in [2.24, 2.45) is 0 Å². The van der Waals surface area contributed by atoms with E-state index in [1.165, 1.54) is 6.20 Å². The minimum atomic E-state index is 0.379. The van der Waals surface area contributed by atoms with Crippen LogP contribution in [0.15, 0.2) is 36.7 Å². The number of anilines is 2. The number of nitrogen functional groups attached to an aromatic ring is 1. The highest BCUT2D eigenvalue weighted by atomic mass is 16.5. The molecular weight excluding hydrogens is 228 g/mol. The van der Waals surface area contributed by atoms with Crippen LogP contribution in [0, 0.1) is 0 Å². The molecule has 2 aromatic rings. The summed E-state index contributed by atoms with van der Waals surface area (Å²) in [5.74, 6) is 1.22. The minimum Gasteiger partial charge on any atom is -0.487 e. The van der Waals surface area contributed by atoms with Gasteiger partial charge in [-0.3, -0.25) is 4.98 Å². The van der Waals surface area contributed by atoms with Crippen LogP contribution in [0.25, 0.3) is 0 Å². The fourth-order valence-corrected chi connectivity index (χ4v) is 1.45. The van der Waals surface area contributed by atoms with Crippen LogP contribution in [0.3, 0.4) is 0 Å². The highest BCUT2D eigenvalue weighted by Gasteiger charge is 2.00. The Bertz CT molecular complexity index is 511. The maximum absolute atomic E-state index is 5.65. The van der Waals surface area contributed by atoms with E-state index in [0.717, 1.165) is 17.1 Å². The monoisotopic (exact) mass is 244 g/mol. The van der Waals surface area contributed by atoms with Crippen molar-refractivity contribution < 1.29 is 4.74 Å². The first-order valence-corrected chi connectivity index (χ1v) is 5.62. The Kier molecular flexibility index (Phi) is 3.62. The minimum absolute atomic E-state index is 0.379. The number of hydrogen-bond acceptors (Lipinski definition) is 5. The van der Waals surface area contributed by atoms with Crippen molar-refractivity contribution in [2.45, 2.75) is 6.61 Å². The van der Waals surface area contributed by atoms with Crippen molar-refractivity contribution in [1.82, 2.24) is 9.97 Å². The largest absolute Gasteiger partial charge is 0.487 e. The molecule has 0 bridgehead atoms. The van der Waals surface area contributed by atoms with Gasteiger partial charge >= 0.3 is 0 Å². The molecule has 5 nitrogen and oxygen atoms in total. The number of aromatic nitrogens is 2. The lowest BCUT2D eigenvalue weighted by atomic mass is 10.3. The van der Waals surface area contributed by atoms with Crippen molar-refractivity contribution in [1.29, 1.82) is 0 Å². The summed E-state index contributed by atoms with van der Waals surface area (Å²) in [5, 5.41) is 0. The molecule has 5 heteroatoms. The van der Waals surface area contributed by atoms with Crippen LogP contribution < -0.4 is 15.4 Å². The second-order valence-electron chi connectivity index (χ2n) is 4.11. The molecule has 0 saturated heterocycles. The molecule has 18 heavy (non-hydrogen) atoms. The molecule has 1 aromatic heterocycles. The van der Waals surface area contributed by atoms with Crippen LogP contribution in [0.5, 0.6) is 5.75 Å². The number of ether oxygens (including phenoxy) is 1. The molecule has 0 fully saturated rings. The molecule has 0 amide bonds. The van der Waals surface area contributed by atoms with Crippen LogP contribution in [0.2, 0.25) is 0 Å². The summed E-state index contributed by atoms with van der Waals surface area (Å²) in [4.78, 5) is 10.1. The third-order valence-electron chi connectivity index (χ3n) is 2.45. The zero-order chi connectivity index (χ0) is 13.0. The Labute approximate surface area is 106 Å². The third-order valence-corrected chi connectivity index (χ3v) is 2.45. The van der Waals surface area contributed by atoms with Crippen molar-refractivity contribution in [3.63, 3.8) is 0 Å². The van der Waals surface area contributed by atoms with Crippen LogP contribution in [-0.2, 0) is 6.61 Å². The van der Waals surface area contributed by atoms with E-state index in [4.69, 9.17) is 10.5 Å². The van der Waals surface area contributed by atoms with Gasteiger partial charge < -0.3 is 15.4 Å². The number of hydrogen-bond donors (Lipinski definition) is 1. The fraction of sp³-hybridized carbons (Fsp3) is 0.231. The van der Waals surface area contributed by atoms with Crippen LogP contribution >= 0.6 is 0 Å². The predicted octanol–water partition coefficient (Wildman–Crippen LogP) is 1.70. The Balaban J connectivity index is 2.01. The first kappa shape index (κ1) is 12.2. The summed E-state index contributed by atoms with van der Waals surface area (Å²) in [7, 11) is 3.98. The Morgan fingerprint density at radius 2 is 2.06 bits per heavy atom. The second kappa shape index (κ2) is 5.35. The van der Waals surface area contributed by atoms with E-state index in [1.807, 2.05) is 43.3 Å². The van der Waals surface area contributed by atoms with Gasteiger partial charge in [0.25, 0.3) is 0 Å². The van der Waals surface area contributed by atoms with E-state index < -0.39 is 0 Å². The fourth-order valence-electron chi connectivity index (χ4n) is 1.45. The Morgan fingerprint density at radius 3 is 2.72 bits per heavy atom. The van der Waals surface area contributed by atoms with E-state index in [1.54, 1.807) is 6.20 Å². The second-order valence-corrected chi connectivity index (χ2v) is 4.11. The van der Waals surface area contributed by atoms with Gasteiger partial charge in [-0.15, -0.1) is 0 Å². The molecule has 0 aliphatic heterocycles. The first-order valence-electron chi connectivity index (χ1n) is 5.62. The van der Waals surface area contributed by atoms with E-state index >= 15 is 0 Å². The number of nitrogens with two attached hydrogens (primary N) is 1. The highest BCUT2D eigenvalue weighted by Crippen LogP contribution is 2.19. The first-order chi connectivity index (χ1) is 8.65. The number of nitrogens with zero attached hydrogens (tertiary/aromatic N) is 3. The molecule has 1 heterocycles. The van der Waals surface area contributed by atoms with Gasteiger partial charge in [0, 0.05) is 25.8 Å². The van der Waals surface area contributed by atoms with Gasteiger partial charge in [0.1, 0.15) is 18.2 Å². The van der Waals surface area contributed by atoms with E-state index in [-0.39, 0.29) is 0 Å². The lowest BCUT2D eigenvalue weighted by Crippen LogP contribution is -2.08. The summed E-state index contributed by atoms with van der Waals surface area (Å²) in [5.41, 5.74) is 7.31. The van der Waals surface area contributed by atoms with Gasteiger partial charge in [0.05, 0.1) is 18.1 Å². The number of benzene rings is 1. The van der Waals surface area contributed by atoms with Gasteiger partial charge in [-0.05, 0) is 12.1 Å². The molecule has 0 unspecified atom stereocenters. The summed E-state index contributed by atoms with van der Waals surface area (Å²) >= 11 is 0. The molecule has 0 aliphatic carbocycles. The van der Waals surface area contributed by atoms with Gasteiger partial charge in [-0.1, -0.05) is 6.07 Å². The molecule has 0 radical (unpaired) electrons. The molecule has 2 N–H and O–H groups in total. The van der Waals surface area contributed by atoms with Gasteiger partial charge in [0.2, 0.25) is 0 Å². The summed E-state index contributed by atoms with van der Waals surface area (Å²) in [6.45, 7) is 0.379. The van der Waals surface area contributed by atoms with Gasteiger partial charge in [0.15, 0.2) is 0 Å². The molecule has 0 aliphatic rings. The van der Waals surface area contributed by atoms with Crippen molar-refractivity contribution in [2.75, 3.05) is 24.7 Å². The topological polar surface area (TPSA) is 64.3 Å². The van der Waals surface area contributed by atoms with Gasteiger partial charge in [-0.25, -0.2) is 4.98 Å². The summed E-state index contributed by atoms with van der Waals surface area (Å²) in [6.07, 6.45) is 3.14. The highest BCUT2D eigenvalue weighted by molar-refractivity contribution is 5.49. The van der Waals surface area contributed by atoms with E-state index in [9.17, 15) is 0 Å². The Morgan fingerprint density at radius 1 is 1.22 bits per heavy atom. The maximum atomic E-state index is 5.65. The average Bonchev–Trinajstić information content (AvgIpc) is 2.38. The maximum Gasteiger partial charge on any atom is 0.141 e. The molecule has 0 spiro atoms. The van der Waals surface area contributed by atoms with Crippen LogP contribution in [0.4, 0.5) is 11.5 Å². The zero-order valence-electron chi connectivity index (χ0n) is 10.5. The smallest absolute Gasteiger partial charge is 0.141 e. The quantitative estimate of drug-likeness (QED) is 0.886. The van der Waals surface area contributed by atoms with E-state index in [2.05, 4.69) is 9.97 Å². The van der Waals surface area contributed by atoms with Crippen LogP contribution in [-0.4, -0.2) is 24.1 Å². The Hall–Kier alpha value is -2.30. The van der Waals surface area contributed by atoms with Crippen LogP contribution in [0.1, 0.15) is 5.69 Å². The average molecular weight is 244 g/mol. The van der Waals surface area contributed by atoms with Crippen molar-refractivity contribution >= 4 is 11.5 Å². The lowest BCUT2D eigenvalue weighted by Gasteiger charge is -2.13. The van der Waals surface area contributed by atoms with E-state index in [0.29, 0.717) is 12.4 Å². The molecule has 1 aromatic carbocycles. The SMILES string of the molecule is CN(C)c1cccc(OCc2cnc(N)cn2)c1. The van der Waals surface area contributed by atoms with Crippen molar-refractivity contribution in [3.8, 4) is 5.75 Å². The van der Waals surface area contributed by atoms with Gasteiger partial charge in [-0.2, -0.15) is 0 Å². The molecule has 94 valence electrons. The molecular formula is C13H16N4O. The molecule has 0 saturated carbocycles. The molecule has 2 rings (SSSR count). The summed E-state index contributed by atoms with van der Waals surface area (Å²) in [6, 6.07) is 7.87. The summed E-state index contributed by atoms with van der Waals surface area (Å²) < 4.78 is 5.65. The number of rotatable bonds is 4. The standard InChI is InChI=1S/C13H16N4O/c1-17(2)11-4-3-5-12(6-11)18-9-10-7-16-13(14)8-15-10/h3-8H,9H2,1-2H3,(H2,14,16). The normalized spacial score (nSPS) is 10.1. The third kappa shape index (κ3) is 3.10. The lowest BCUT2D eigenvalue weighted by molar-refractivity contribution is 0.301. The predicted molar refractivity (Wildman–Crippen MR) is 71.5 cm³/mol. The molecule has 0 atom stereocenters. The van der Waals surface area contributed by atoms with Crippen molar-refractivity contribution in [3.05, 3.63) is 42.4 Å². The zero-order valence-corrected chi connectivity index (χ0v) is 10.5.